The number of nitrogens with zero attached hydrogens (tertiary/aromatic N) is 1. The molecular formula is C17H23N. The highest BCUT2D eigenvalue weighted by Crippen LogP contribution is 2.31. The first-order chi connectivity index (χ1) is 8.59. The molecule has 1 unspecified atom stereocenters. The summed E-state index contributed by atoms with van der Waals surface area (Å²) in [5, 5.41) is 0. The van der Waals surface area contributed by atoms with Crippen molar-refractivity contribution in [2.75, 3.05) is 11.4 Å². The van der Waals surface area contributed by atoms with Gasteiger partial charge in [0.05, 0.1) is 0 Å². The van der Waals surface area contributed by atoms with Gasteiger partial charge in [-0.05, 0) is 43.7 Å². The molecule has 2 rings (SSSR count). The topological polar surface area (TPSA) is 3.24 Å². The average Bonchev–Trinajstić information content (AvgIpc) is 2.37. The molecule has 1 heterocycles. The van der Waals surface area contributed by atoms with E-state index in [1.54, 1.807) is 0 Å². The molecule has 0 radical (unpaired) electrons. The van der Waals surface area contributed by atoms with Crippen molar-refractivity contribution in [2.24, 2.45) is 5.92 Å². The predicted molar refractivity (Wildman–Crippen MR) is 79.8 cm³/mol. The molecule has 0 spiro atoms. The number of aryl methyl sites for hydroxylation is 1. The van der Waals surface area contributed by atoms with Crippen molar-refractivity contribution in [1.29, 1.82) is 0 Å². The van der Waals surface area contributed by atoms with E-state index >= 15 is 0 Å². The van der Waals surface area contributed by atoms with Crippen LogP contribution in [0.15, 0.2) is 48.7 Å². The van der Waals surface area contributed by atoms with Crippen LogP contribution in [0.1, 0.15) is 32.3 Å². The third-order valence-corrected chi connectivity index (χ3v) is 3.88. The van der Waals surface area contributed by atoms with Gasteiger partial charge in [-0.2, -0.15) is 0 Å². The van der Waals surface area contributed by atoms with Crippen LogP contribution in [-0.2, 0) is 6.42 Å². The normalized spacial score (nSPS) is 16.0. The summed E-state index contributed by atoms with van der Waals surface area (Å²) in [5.74, 6) is 0.506. The van der Waals surface area contributed by atoms with Crippen molar-refractivity contribution in [3.63, 3.8) is 0 Å². The van der Waals surface area contributed by atoms with Crippen LogP contribution in [0.25, 0.3) is 0 Å². The monoisotopic (exact) mass is 241 g/mol. The molecular weight excluding hydrogens is 218 g/mol. The molecule has 0 aromatic heterocycles. The van der Waals surface area contributed by atoms with Gasteiger partial charge in [-0.1, -0.05) is 43.9 Å². The van der Waals surface area contributed by atoms with E-state index < -0.39 is 0 Å². The first-order valence-corrected chi connectivity index (χ1v) is 6.78. The number of benzene rings is 1. The maximum absolute atomic E-state index is 4.28. The van der Waals surface area contributed by atoms with Gasteiger partial charge < -0.3 is 4.90 Å². The lowest BCUT2D eigenvalue weighted by molar-refractivity contribution is 0.637. The highest BCUT2D eigenvalue weighted by molar-refractivity contribution is 5.59. The Balaban J connectivity index is 2.15. The van der Waals surface area contributed by atoms with Crippen molar-refractivity contribution in [3.05, 3.63) is 54.3 Å². The van der Waals surface area contributed by atoms with Gasteiger partial charge in [-0.15, -0.1) is 0 Å². The highest BCUT2D eigenvalue weighted by atomic mass is 15.1. The SMILES string of the molecule is C=C(C)C(C)CC(=C)N1CCCc2ccccc21. The van der Waals surface area contributed by atoms with E-state index in [0.29, 0.717) is 5.92 Å². The Bertz CT molecular complexity index is 458. The number of hydrogen-bond donors (Lipinski definition) is 0. The number of anilines is 1. The molecule has 0 saturated carbocycles. The zero-order valence-corrected chi connectivity index (χ0v) is 11.6. The Morgan fingerprint density at radius 3 is 2.78 bits per heavy atom. The fourth-order valence-electron chi connectivity index (χ4n) is 2.50. The smallest absolute Gasteiger partial charge is 0.0440 e. The number of rotatable bonds is 4. The van der Waals surface area contributed by atoms with Crippen molar-refractivity contribution >= 4 is 5.69 Å². The first kappa shape index (κ1) is 12.9. The third kappa shape index (κ3) is 2.66. The minimum atomic E-state index is 0.506. The lowest BCUT2D eigenvalue weighted by Crippen LogP contribution is -2.29. The summed E-state index contributed by atoms with van der Waals surface area (Å²) in [6.45, 7) is 13.7. The van der Waals surface area contributed by atoms with Gasteiger partial charge in [-0.25, -0.2) is 0 Å². The Morgan fingerprint density at radius 1 is 1.33 bits per heavy atom. The molecule has 1 nitrogen and oxygen atoms in total. The molecule has 0 N–H and O–H groups in total. The van der Waals surface area contributed by atoms with Crippen LogP contribution in [0.5, 0.6) is 0 Å². The Hall–Kier alpha value is -1.50. The fourth-order valence-corrected chi connectivity index (χ4v) is 2.50. The molecule has 0 amide bonds. The molecule has 1 aromatic carbocycles. The summed E-state index contributed by atoms with van der Waals surface area (Å²) >= 11 is 0. The van der Waals surface area contributed by atoms with Crippen LogP contribution in [0.4, 0.5) is 5.69 Å². The van der Waals surface area contributed by atoms with Crippen LogP contribution in [-0.4, -0.2) is 6.54 Å². The average molecular weight is 241 g/mol. The summed E-state index contributed by atoms with van der Waals surface area (Å²) in [6, 6.07) is 8.69. The minimum absolute atomic E-state index is 0.506. The second kappa shape index (κ2) is 5.43. The van der Waals surface area contributed by atoms with Gasteiger partial charge >= 0.3 is 0 Å². The van der Waals surface area contributed by atoms with E-state index in [0.717, 1.165) is 13.0 Å². The van der Waals surface area contributed by atoms with Crippen LogP contribution in [0, 0.1) is 5.92 Å². The van der Waals surface area contributed by atoms with Crippen molar-refractivity contribution in [1.82, 2.24) is 0 Å². The van der Waals surface area contributed by atoms with Gasteiger partial charge in [0.1, 0.15) is 0 Å². The molecule has 0 aliphatic carbocycles. The Kier molecular flexibility index (Phi) is 3.90. The minimum Gasteiger partial charge on any atom is -0.345 e. The summed E-state index contributed by atoms with van der Waals surface area (Å²) in [7, 11) is 0. The predicted octanol–water partition coefficient (Wildman–Crippen LogP) is 4.56. The van der Waals surface area contributed by atoms with Crippen LogP contribution >= 0.6 is 0 Å². The zero-order chi connectivity index (χ0) is 13.1. The van der Waals surface area contributed by atoms with Gasteiger partial charge in [0.25, 0.3) is 0 Å². The van der Waals surface area contributed by atoms with Crippen LogP contribution < -0.4 is 4.90 Å². The second-order valence-electron chi connectivity index (χ2n) is 5.40. The second-order valence-corrected chi connectivity index (χ2v) is 5.40. The molecule has 1 atom stereocenters. The maximum Gasteiger partial charge on any atom is 0.0440 e. The van der Waals surface area contributed by atoms with Gasteiger partial charge in [0.2, 0.25) is 0 Å². The van der Waals surface area contributed by atoms with Crippen molar-refractivity contribution in [3.8, 4) is 0 Å². The van der Waals surface area contributed by atoms with E-state index in [2.05, 4.69) is 56.2 Å². The van der Waals surface area contributed by atoms with E-state index in [-0.39, 0.29) is 0 Å². The summed E-state index contributed by atoms with van der Waals surface area (Å²) in [5.41, 5.74) is 5.26. The Labute approximate surface area is 111 Å². The van der Waals surface area contributed by atoms with Gasteiger partial charge in [0.15, 0.2) is 0 Å². The van der Waals surface area contributed by atoms with Gasteiger partial charge in [0, 0.05) is 17.9 Å². The number of allylic oxidation sites excluding steroid dienone is 2. The quantitative estimate of drug-likeness (QED) is 0.699. The molecule has 1 heteroatoms. The first-order valence-electron chi connectivity index (χ1n) is 6.78. The number of hydrogen-bond acceptors (Lipinski definition) is 1. The third-order valence-electron chi connectivity index (χ3n) is 3.88. The van der Waals surface area contributed by atoms with Crippen molar-refractivity contribution < 1.29 is 0 Å². The number of para-hydroxylation sites is 1. The summed E-state index contributed by atoms with van der Waals surface area (Å²) in [4.78, 5) is 2.39. The maximum atomic E-state index is 4.28. The molecule has 96 valence electrons. The van der Waals surface area contributed by atoms with Crippen LogP contribution in [0.2, 0.25) is 0 Å². The lowest BCUT2D eigenvalue weighted by atomic mass is 9.96. The van der Waals surface area contributed by atoms with E-state index in [1.807, 2.05) is 0 Å². The fraction of sp³-hybridized carbons (Fsp3) is 0.412. The molecule has 18 heavy (non-hydrogen) atoms. The van der Waals surface area contributed by atoms with Crippen molar-refractivity contribution in [2.45, 2.75) is 33.1 Å². The van der Waals surface area contributed by atoms with E-state index in [9.17, 15) is 0 Å². The largest absolute Gasteiger partial charge is 0.345 e. The summed E-state index contributed by atoms with van der Waals surface area (Å²) < 4.78 is 0. The standard InChI is InChI=1S/C17H23N/c1-13(2)14(3)12-15(4)18-11-7-9-16-8-5-6-10-17(16)18/h5-6,8,10,14H,1,4,7,9,11-12H2,2-3H3. The van der Waals surface area contributed by atoms with E-state index in [1.165, 1.54) is 35.4 Å². The summed E-state index contributed by atoms with van der Waals surface area (Å²) in [6.07, 6.45) is 3.41. The number of fused-ring (bicyclic) bond motifs is 1. The molecule has 0 saturated heterocycles. The molecule has 0 fully saturated rings. The molecule has 1 aliphatic rings. The molecule has 1 aliphatic heterocycles. The highest BCUT2D eigenvalue weighted by Gasteiger charge is 2.19. The molecule has 0 bridgehead atoms. The lowest BCUT2D eigenvalue weighted by Gasteiger charge is -2.33. The molecule has 1 aromatic rings. The van der Waals surface area contributed by atoms with Gasteiger partial charge in [-0.3, -0.25) is 0 Å². The van der Waals surface area contributed by atoms with E-state index in [4.69, 9.17) is 0 Å². The Morgan fingerprint density at radius 2 is 2.06 bits per heavy atom. The zero-order valence-electron chi connectivity index (χ0n) is 11.6. The van der Waals surface area contributed by atoms with Crippen LogP contribution in [0.3, 0.4) is 0 Å².